The maximum absolute atomic E-state index is 4.26. The second-order valence-corrected chi connectivity index (χ2v) is 5.31. The van der Waals surface area contributed by atoms with Gasteiger partial charge in [-0.3, -0.25) is 9.89 Å². The Morgan fingerprint density at radius 1 is 1.53 bits per heavy atom. The zero-order valence-corrected chi connectivity index (χ0v) is 11.1. The number of hydrogen-bond donors (Lipinski definition) is 0. The fraction of sp³-hybridized carbons (Fsp3) is 0.600. The van der Waals surface area contributed by atoms with Gasteiger partial charge in [0.05, 0.1) is 0 Å². The quantitative estimate of drug-likeness (QED) is 0.680. The third-order valence-corrected chi connectivity index (χ3v) is 3.73. The zero-order chi connectivity index (χ0) is 12.3. The molecule has 1 unspecified atom stereocenters. The molecule has 92 valence electrons. The van der Waals surface area contributed by atoms with Gasteiger partial charge in [0.25, 0.3) is 0 Å². The van der Waals surface area contributed by atoms with Crippen LogP contribution >= 0.6 is 0 Å². The van der Waals surface area contributed by atoms with Crippen molar-refractivity contribution >= 4 is 6.21 Å². The topological polar surface area (TPSA) is 15.6 Å². The van der Waals surface area contributed by atoms with Crippen LogP contribution in [0.4, 0.5) is 0 Å². The van der Waals surface area contributed by atoms with Crippen molar-refractivity contribution < 1.29 is 0 Å². The lowest BCUT2D eigenvalue weighted by atomic mass is 10.0. The Bertz CT molecular complexity index is 395. The average molecular weight is 230 g/mol. The number of rotatable bonds is 3. The number of hydrogen-bond acceptors (Lipinski definition) is 2. The summed E-state index contributed by atoms with van der Waals surface area (Å²) in [5.74, 6) is 0.743. The summed E-state index contributed by atoms with van der Waals surface area (Å²) in [5, 5.41) is 0. The zero-order valence-electron chi connectivity index (χ0n) is 11.1. The highest BCUT2D eigenvalue weighted by molar-refractivity contribution is 5.72. The second-order valence-electron chi connectivity index (χ2n) is 5.31. The third-order valence-electron chi connectivity index (χ3n) is 3.73. The standard InChI is InChI=1S/C15H22N2/c1-12(2)15-7-5-9-17(15)11-14-10-16-8-4-6-13(14)3/h4,8,10,12,15H,5,7,9,11H2,1-3H3. The summed E-state index contributed by atoms with van der Waals surface area (Å²) >= 11 is 0. The fourth-order valence-electron chi connectivity index (χ4n) is 2.71. The summed E-state index contributed by atoms with van der Waals surface area (Å²) in [6.07, 6.45) is 8.36. The molecule has 0 aromatic rings. The lowest BCUT2D eigenvalue weighted by Crippen LogP contribution is -2.35. The Balaban J connectivity index is 2.08. The van der Waals surface area contributed by atoms with Crippen LogP contribution in [0, 0.1) is 5.92 Å². The van der Waals surface area contributed by atoms with Gasteiger partial charge in [0.1, 0.15) is 0 Å². The predicted octanol–water partition coefficient (Wildman–Crippen LogP) is 3.18. The first-order valence-corrected chi connectivity index (χ1v) is 6.57. The van der Waals surface area contributed by atoms with Crippen LogP contribution in [-0.4, -0.2) is 30.2 Å². The maximum atomic E-state index is 4.26. The van der Waals surface area contributed by atoms with E-state index in [2.05, 4.69) is 36.4 Å². The molecular formula is C15H22N2. The van der Waals surface area contributed by atoms with E-state index in [-0.39, 0.29) is 0 Å². The molecule has 2 aliphatic heterocycles. The summed E-state index contributed by atoms with van der Waals surface area (Å²) in [6, 6.07) is 0.736. The van der Waals surface area contributed by atoms with Crippen molar-refractivity contribution in [3.8, 4) is 0 Å². The molecule has 2 aliphatic rings. The van der Waals surface area contributed by atoms with Crippen molar-refractivity contribution in [2.24, 2.45) is 10.9 Å². The molecule has 0 N–H and O–H groups in total. The maximum Gasteiger partial charge on any atom is 0.0345 e. The van der Waals surface area contributed by atoms with Crippen molar-refractivity contribution in [3.05, 3.63) is 29.2 Å². The Morgan fingerprint density at radius 2 is 2.35 bits per heavy atom. The first-order valence-electron chi connectivity index (χ1n) is 6.57. The third kappa shape index (κ3) is 2.96. The molecule has 0 aliphatic carbocycles. The van der Waals surface area contributed by atoms with Crippen LogP contribution in [0.3, 0.4) is 0 Å². The van der Waals surface area contributed by atoms with Crippen LogP contribution in [0.5, 0.6) is 0 Å². The van der Waals surface area contributed by atoms with Crippen LogP contribution in [0.15, 0.2) is 34.1 Å². The molecule has 0 amide bonds. The minimum absolute atomic E-state index is 0.736. The highest BCUT2D eigenvalue weighted by atomic mass is 15.2. The monoisotopic (exact) mass is 230 g/mol. The van der Waals surface area contributed by atoms with Crippen LogP contribution in [0.25, 0.3) is 0 Å². The number of aliphatic imine (C=N–C) groups is 1. The second kappa shape index (κ2) is 5.48. The van der Waals surface area contributed by atoms with Crippen molar-refractivity contribution in [1.29, 1.82) is 0 Å². The van der Waals surface area contributed by atoms with E-state index < -0.39 is 0 Å². The Hall–Kier alpha value is -1.11. The van der Waals surface area contributed by atoms with E-state index in [0.717, 1.165) is 18.5 Å². The minimum Gasteiger partial charge on any atom is -0.296 e. The van der Waals surface area contributed by atoms with E-state index in [9.17, 15) is 0 Å². The smallest absolute Gasteiger partial charge is 0.0345 e. The molecule has 2 heteroatoms. The van der Waals surface area contributed by atoms with E-state index in [1.807, 2.05) is 12.3 Å². The summed E-state index contributed by atoms with van der Waals surface area (Å²) < 4.78 is 0. The van der Waals surface area contributed by atoms with Crippen molar-refractivity contribution in [3.63, 3.8) is 0 Å². The molecule has 1 saturated heterocycles. The molecule has 0 saturated carbocycles. The molecule has 17 heavy (non-hydrogen) atoms. The normalized spacial score (nSPS) is 25.1. The fourth-order valence-corrected chi connectivity index (χ4v) is 2.71. The van der Waals surface area contributed by atoms with Gasteiger partial charge in [-0.05, 0) is 49.5 Å². The Kier molecular flexibility index (Phi) is 3.98. The molecule has 0 aromatic heterocycles. The largest absolute Gasteiger partial charge is 0.296 e. The molecule has 2 heterocycles. The molecular weight excluding hydrogens is 208 g/mol. The average Bonchev–Trinajstić information content (AvgIpc) is 2.66. The summed E-state index contributed by atoms with van der Waals surface area (Å²) in [5.41, 5.74) is 5.79. The van der Waals surface area contributed by atoms with E-state index in [1.165, 1.54) is 30.5 Å². The first kappa shape index (κ1) is 12.3. The van der Waals surface area contributed by atoms with Gasteiger partial charge in [-0.25, -0.2) is 0 Å². The van der Waals surface area contributed by atoms with E-state index >= 15 is 0 Å². The first-order chi connectivity index (χ1) is 8.18. The van der Waals surface area contributed by atoms with Crippen LogP contribution in [0.1, 0.15) is 33.6 Å². The van der Waals surface area contributed by atoms with Gasteiger partial charge in [-0.15, -0.1) is 5.73 Å². The molecule has 0 spiro atoms. The van der Waals surface area contributed by atoms with E-state index in [0.29, 0.717) is 0 Å². The van der Waals surface area contributed by atoms with Gasteiger partial charge in [0.15, 0.2) is 0 Å². The SMILES string of the molecule is CC1=C=CC=NC=C1CN1CCCC1C(C)C. The summed E-state index contributed by atoms with van der Waals surface area (Å²) in [6.45, 7) is 9.02. The number of likely N-dealkylation sites (tertiary alicyclic amines) is 1. The van der Waals surface area contributed by atoms with Crippen molar-refractivity contribution in [2.75, 3.05) is 13.1 Å². The van der Waals surface area contributed by atoms with Crippen LogP contribution < -0.4 is 0 Å². The summed E-state index contributed by atoms with van der Waals surface area (Å²) in [7, 11) is 0. The van der Waals surface area contributed by atoms with Gasteiger partial charge in [0, 0.05) is 25.0 Å². The van der Waals surface area contributed by atoms with E-state index in [4.69, 9.17) is 0 Å². The van der Waals surface area contributed by atoms with Gasteiger partial charge < -0.3 is 0 Å². The highest BCUT2D eigenvalue weighted by Crippen LogP contribution is 2.25. The predicted molar refractivity (Wildman–Crippen MR) is 73.3 cm³/mol. The molecule has 2 rings (SSSR count). The Morgan fingerprint density at radius 3 is 3.12 bits per heavy atom. The highest BCUT2D eigenvalue weighted by Gasteiger charge is 2.27. The molecule has 1 atom stereocenters. The molecule has 0 radical (unpaired) electrons. The van der Waals surface area contributed by atoms with Crippen LogP contribution in [-0.2, 0) is 0 Å². The van der Waals surface area contributed by atoms with Crippen molar-refractivity contribution in [2.45, 2.75) is 39.7 Å². The molecule has 1 fully saturated rings. The summed E-state index contributed by atoms with van der Waals surface area (Å²) in [4.78, 5) is 6.86. The molecule has 2 nitrogen and oxygen atoms in total. The van der Waals surface area contributed by atoms with Gasteiger partial charge in [-0.2, -0.15) is 0 Å². The lowest BCUT2D eigenvalue weighted by molar-refractivity contribution is 0.223. The van der Waals surface area contributed by atoms with Gasteiger partial charge >= 0.3 is 0 Å². The Labute approximate surface area is 104 Å². The van der Waals surface area contributed by atoms with Gasteiger partial charge in [0.2, 0.25) is 0 Å². The minimum atomic E-state index is 0.736. The van der Waals surface area contributed by atoms with E-state index in [1.54, 1.807) is 6.21 Å². The lowest BCUT2D eigenvalue weighted by Gasteiger charge is -2.28. The van der Waals surface area contributed by atoms with Crippen LogP contribution in [0.2, 0.25) is 0 Å². The molecule has 0 bridgehead atoms. The van der Waals surface area contributed by atoms with Gasteiger partial charge in [-0.1, -0.05) is 13.8 Å². The number of nitrogens with zero attached hydrogens (tertiary/aromatic N) is 2. The van der Waals surface area contributed by atoms with Crippen molar-refractivity contribution in [1.82, 2.24) is 4.90 Å². The molecule has 0 aromatic carbocycles.